The minimum absolute atomic E-state index is 0.0265. The van der Waals surface area contributed by atoms with E-state index in [2.05, 4.69) is 39.8 Å². The summed E-state index contributed by atoms with van der Waals surface area (Å²) in [4.78, 5) is 0. The molecule has 0 aliphatic carbocycles. The third kappa shape index (κ3) is 3.72. The molecular weight excluding hydrogens is 288 g/mol. The van der Waals surface area contributed by atoms with Gasteiger partial charge in [0.2, 0.25) is 0 Å². The largest absolute Gasteiger partial charge is 0.390 e. The van der Waals surface area contributed by atoms with Crippen LogP contribution in [0.2, 0.25) is 0 Å². The van der Waals surface area contributed by atoms with Crippen molar-refractivity contribution in [2.75, 3.05) is 6.61 Å². The van der Waals surface area contributed by atoms with Gasteiger partial charge >= 0.3 is 0 Å². The highest BCUT2D eigenvalue weighted by molar-refractivity contribution is 5.14. The Morgan fingerprint density at radius 3 is 2.52 bits per heavy atom. The number of hydrogen-bond donors (Lipinski definition) is 1. The molecule has 3 heterocycles. The molecule has 130 valence electrons. The molecule has 0 unspecified atom stereocenters. The van der Waals surface area contributed by atoms with E-state index in [0.717, 1.165) is 45.1 Å². The number of epoxide rings is 1. The van der Waals surface area contributed by atoms with E-state index in [9.17, 15) is 5.11 Å². The van der Waals surface area contributed by atoms with Gasteiger partial charge in [0.1, 0.15) is 0 Å². The van der Waals surface area contributed by atoms with E-state index in [1.807, 2.05) is 0 Å². The van der Waals surface area contributed by atoms with Crippen LogP contribution in [0, 0.1) is 5.92 Å². The summed E-state index contributed by atoms with van der Waals surface area (Å²) in [5.41, 5.74) is 2.29. The minimum Gasteiger partial charge on any atom is -0.390 e. The van der Waals surface area contributed by atoms with Crippen molar-refractivity contribution in [1.82, 2.24) is 0 Å². The van der Waals surface area contributed by atoms with Gasteiger partial charge in [-0.1, -0.05) is 23.3 Å². The maximum absolute atomic E-state index is 10.7. The lowest BCUT2D eigenvalue weighted by Crippen LogP contribution is -2.52. The summed E-state index contributed by atoms with van der Waals surface area (Å²) in [6.45, 7) is 9.50. The molecule has 0 aromatic carbocycles. The van der Waals surface area contributed by atoms with Gasteiger partial charge < -0.3 is 14.6 Å². The molecule has 2 saturated heterocycles. The maximum atomic E-state index is 10.7. The zero-order valence-electron chi connectivity index (χ0n) is 15.1. The molecule has 0 aromatic rings. The lowest BCUT2D eigenvalue weighted by molar-refractivity contribution is -0.185. The first-order valence-electron chi connectivity index (χ1n) is 9.15. The normalized spacial score (nSPS) is 47.6. The molecule has 3 aliphatic heterocycles. The summed E-state index contributed by atoms with van der Waals surface area (Å²) >= 11 is 0. The fourth-order valence-corrected chi connectivity index (χ4v) is 4.12. The Hall–Kier alpha value is -0.640. The average Bonchev–Trinajstić information content (AvgIpc) is 3.22. The molecule has 0 saturated carbocycles. The van der Waals surface area contributed by atoms with Crippen molar-refractivity contribution in [1.29, 1.82) is 0 Å². The molecule has 3 nitrogen and oxygen atoms in total. The number of aliphatic hydroxyl groups excluding tert-OH is 1. The van der Waals surface area contributed by atoms with E-state index in [-0.39, 0.29) is 11.7 Å². The highest BCUT2D eigenvalue weighted by Gasteiger charge is 2.54. The molecule has 2 bridgehead atoms. The number of aliphatic hydroxyl groups is 1. The molecule has 5 atom stereocenters. The summed E-state index contributed by atoms with van der Waals surface area (Å²) in [7, 11) is 0. The van der Waals surface area contributed by atoms with Crippen LogP contribution in [0.1, 0.15) is 66.2 Å². The monoisotopic (exact) mass is 320 g/mol. The molecule has 2 fully saturated rings. The molecule has 3 aliphatic rings. The lowest BCUT2D eigenvalue weighted by atomic mass is 9.76. The van der Waals surface area contributed by atoms with E-state index in [4.69, 9.17) is 9.47 Å². The molecule has 0 spiro atoms. The SMILES string of the molecule is CC1=C[C@H]2O[C@](C)(CC[C@@H]2[C@@]2(C)CO2)[C@@H](O)CC/C(C)=C/CC1. The highest BCUT2D eigenvalue weighted by atomic mass is 16.6. The Morgan fingerprint density at radius 2 is 1.83 bits per heavy atom. The molecule has 3 heteroatoms. The van der Waals surface area contributed by atoms with Crippen molar-refractivity contribution >= 4 is 0 Å². The number of ether oxygens (including phenoxy) is 2. The van der Waals surface area contributed by atoms with E-state index >= 15 is 0 Å². The molecule has 23 heavy (non-hydrogen) atoms. The van der Waals surface area contributed by atoms with Crippen molar-refractivity contribution < 1.29 is 14.6 Å². The predicted molar refractivity (Wildman–Crippen MR) is 92.3 cm³/mol. The van der Waals surface area contributed by atoms with Crippen LogP contribution in [-0.4, -0.2) is 35.1 Å². The van der Waals surface area contributed by atoms with Crippen LogP contribution in [-0.2, 0) is 9.47 Å². The topological polar surface area (TPSA) is 42.0 Å². The van der Waals surface area contributed by atoms with Gasteiger partial charge in [-0.3, -0.25) is 0 Å². The van der Waals surface area contributed by atoms with Crippen LogP contribution in [0.15, 0.2) is 23.3 Å². The van der Waals surface area contributed by atoms with Crippen molar-refractivity contribution in [3.05, 3.63) is 23.3 Å². The van der Waals surface area contributed by atoms with Crippen LogP contribution >= 0.6 is 0 Å². The Kier molecular flexibility index (Phi) is 4.74. The van der Waals surface area contributed by atoms with E-state index in [0.29, 0.717) is 5.92 Å². The van der Waals surface area contributed by atoms with Gasteiger partial charge in [0.05, 0.1) is 30.0 Å². The fourth-order valence-electron chi connectivity index (χ4n) is 4.12. The van der Waals surface area contributed by atoms with Crippen molar-refractivity contribution in [2.45, 2.75) is 89.6 Å². The maximum Gasteiger partial charge on any atom is 0.0944 e. The summed E-state index contributed by atoms with van der Waals surface area (Å²) in [6, 6.07) is 0. The van der Waals surface area contributed by atoms with Crippen LogP contribution in [0.4, 0.5) is 0 Å². The van der Waals surface area contributed by atoms with Gasteiger partial charge in [0.25, 0.3) is 0 Å². The quantitative estimate of drug-likeness (QED) is 0.583. The summed E-state index contributed by atoms with van der Waals surface area (Å²) < 4.78 is 12.2. The van der Waals surface area contributed by atoms with Crippen LogP contribution < -0.4 is 0 Å². The Morgan fingerprint density at radius 1 is 1.09 bits per heavy atom. The Bertz CT molecular complexity index is 503. The van der Waals surface area contributed by atoms with Gasteiger partial charge in [-0.15, -0.1) is 0 Å². The number of allylic oxidation sites excluding steroid dienone is 3. The average molecular weight is 320 g/mol. The number of fused-ring (bicyclic) bond motifs is 2. The molecular formula is C20H32O3. The van der Waals surface area contributed by atoms with E-state index < -0.39 is 11.7 Å². The first-order chi connectivity index (χ1) is 10.8. The van der Waals surface area contributed by atoms with E-state index in [1.165, 1.54) is 11.1 Å². The molecule has 3 rings (SSSR count). The van der Waals surface area contributed by atoms with Crippen LogP contribution in [0.3, 0.4) is 0 Å². The second-order valence-corrected chi connectivity index (χ2v) is 8.30. The second-order valence-electron chi connectivity index (χ2n) is 8.30. The molecule has 1 N–H and O–H groups in total. The Labute approximate surface area is 140 Å². The molecule has 0 aromatic heterocycles. The van der Waals surface area contributed by atoms with Gasteiger partial charge in [-0.2, -0.15) is 0 Å². The van der Waals surface area contributed by atoms with Crippen LogP contribution in [0.25, 0.3) is 0 Å². The molecule has 0 amide bonds. The lowest BCUT2D eigenvalue weighted by Gasteiger charge is -2.46. The van der Waals surface area contributed by atoms with Gasteiger partial charge in [-0.25, -0.2) is 0 Å². The predicted octanol–water partition coefficient (Wildman–Crippen LogP) is 4.16. The smallest absolute Gasteiger partial charge is 0.0944 e. The van der Waals surface area contributed by atoms with Crippen molar-refractivity contribution in [2.24, 2.45) is 5.92 Å². The van der Waals surface area contributed by atoms with Crippen molar-refractivity contribution in [3.8, 4) is 0 Å². The highest BCUT2D eigenvalue weighted by Crippen LogP contribution is 2.47. The van der Waals surface area contributed by atoms with Gasteiger partial charge in [0, 0.05) is 5.92 Å². The minimum atomic E-state index is -0.442. The second kappa shape index (κ2) is 6.34. The summed E-state index contributed by atoms with van der Waals surface area (Å²) in [6.07, 6.45) is 10.1. The fraction of sp³-hybridized carbons (Fsp3) is 0.800. The first kappa shape index (κ1) is 17.2. The van der Waals surface area contributed by atoms with Gasteiger partial charge in [0.15, 0.2) is 0 Å². The number of rotatable bonds is 1. The first-order valence-corrected chi connectivity index (χ1v) is 9.15. The third-order valence-corrected chi connectivity index (χ3v) is 6.13. The zero-order valence-corrected chi connectivity index (χ0v) is 15.1. The Balaban J connectivity index is 1.87. The summed E-state index contributed by atoms with van der Waals surface area (Å²) in [5, 5.41) is 10.7. The standard InChI is InChI=1S/C20H32O3/c1-14-6-5-7-15(2)12-17-16(20(4)13-22-20)10-11-19(3,23-17)18(21)9-8-14/h6,12,16-18,21H,5,7-11,13H2,1-4H3/b14-6+,15-12?/t16-,17+,18-,19+,20+/m0/s1. The van der Waals surface area contributed by atoms with Gasteiger partial charge in [-0.05, 0) is 66.2 Å². The van der Waals surface area contributed by atoms with Crippen LogP contribution in [0.5, 0.6) is 0 Å². The third-order valence-electron chi connectivity index (χ3n) is 6.13. The van der Waals surface area contributed by atoms with Crippen molar-refractivity contribution in [3.63, 3.8) is 0 Å². The number of hydrogen-bond acceptors (Lipinski definition) is 3. The molecule has 0 radical (unpaired) electrons. The van der Waals surface area contributed by atoms with E-state index in [1.54, 1.807) is 0 Å². The zero-order chi connectivity index (χ0) is 16.7. The summed E-state index contributed by atoms with van der Waals surface area (Å²) in [5.74, 6) is 0.401.